The molecule has 1 aromatic heterocycles. The first-order valence-corrected chi connectivity index (χ1v) is 9.86. The molecule has 4 rings (SSSR count). The van der Waals surface area contributed by atoms with Crippen LogP contribution in [0.3, 0.4) is 0 Å². The summed E-state index contributed by atoms with van der Waals surface area (Å²) < 4.78 is 0. The van der Waals surface area contributed by atoms with Gasteiger partial charge < -0.3 is 10.2 Å². The van der Waals surface area contributed by atoms with Gasteiger partial charge in [-0.05, 0) is 68.1 Å². The van der Waals surface area contributed by atoms with Crippen LogP contribution in [0.15, 0.2) is 36.5 Å². The third-order valence-corrected chi connectivity index (χ3v) is 5.78. The Morgan fingerprint density at radius 3 is 2.68 bits per heavy atom. The molecule has 1 N–H and O–H groups in total. The van der Waals surface area contributed by atoms with Crippen LogP contribution in [-0.2, 0) is 6.42 Å². The van der Waals surface area contributed by atoms with Gasteiger partial charge in [-0.25, -0.2) is 0 Å². The maximum Gasteiger partial charge on any atom is 0.0704 e. The summed E-state index contributed by atoms with van der Waals surface area (Å²) in [5, 5.41) is 3.65. The van der Waals surface area contributed by atoms with E-state index in [0.29, 0.717) is 12.0 Å². The van der Waals surface area contributed by atoms with E-state index in [2.05, 4.69) is 53.3 Å². The molecule has 0 saturated carbocycles. The topological polar surface area (TPSA) is 28.2 Å². The van der Waals surface area contributed by atoms with Crippen molar-refractivity contribution < 1.29 is 0 Å². The highest BCUT2D eigenvalue weighted by Gasteiger charge is 2.36. The number of hydrogen-bond donors (Lipinski definition) is 1. The third-order valence-electron chi connectivity index (χ3n) is 5.78. The minimum atomic E-state index is 0.656. The summed E-state index contributed by atoms with van der Waals surface area (Å²) in [7, 11) is 0. The quantitative estimate of drug-likeness (QED) is 0.830. The number of aromatic nitrogens is 1. The predicted molar refractivity (Wildman–Crippen MR) is 105 cm³/mol. The summed E-state index contributed by atoms with van der Waals surface area (Å²) in [5.41, 5.74) is 6.93. The number of nitrogens with zero attached hydrogens (tertiary/aromatic N) is 2. The normalized spacial score (nSPS) is 21.2. The SMILES string of the molecule is CCCN(CCC)[C@H]1Cc2c(-c3ccccn3)ccc3c2[C@@H](CN3)C1. The molecule has 25 heavy (non-hydrogen) atoms. The number of rotatable bonds is 6. The molecule has 0 radical (unpaired) electrons. The fourth-order valence-corrected chi connectivity index (χ4v) is 4.78. The van der Waals surface area contributed by atoms with E-state index < -0.39 is 0 Å². The third kappa shape index (κ3) is 3.06. The molecular formula is C22H29N3. The van der Waals surface area contributed by atoms with E-state index in [1.165, 1.54) is 43.6 Å². The highest BCUT2D eigenvalue weighted by molar-refractivity contribution is 5.74. The fourth-order valence-electron chi connectivity index (χ4n) is 4.78. The van der Waals surface area contributed by atoms with E-state index in [-0.39, 0.29) is 0 Å². The van der Waals surface area contributed by atoms with Gasteiger partial charge in [0, 0.05) is 36.0 Å². The minimum Gasteiger partial charge on any atom is -0.384 e. The zero-order chi connectivity index (χ0) is 17.2. The highest BCUT2D eigenvalue weighted by atomic mass is 15.2. The highest BCUT2D eigenvalue weighted by Crippen LogP contribution is 2.45. The number of nitrogens with one attached hydrogen (secondary N) is 1. The molecule has 2 aromatic rings. The molecule has 0 bridgehead atoms. The molecule has 0 amide bonds. The zero-order valence-electron chi connectivity index (χ0n) is 15.5. The van der Waals surface area contributed by atoms with Crippen molar-refractivity contribution in [2.45, 2.75) is 51.5 Å². The average Bonchev–Trinajstić information content (AvgIpc) is 3.07. The van der Waals surface area contributed by atoms with E-state index >= 15 is 0 Å². The van der Waals surface area contributed by atoms with Gasteiger partial charge in [-0.15, -0.1) is 0 Å². The standard InChI is InChI=1S/C22H29N3/c1-3-11-25(12-4-2)17-13-16-15-24-21-9-8-18(19(14-17)22(16)21)20-7-5-6-10-23-20/h5-10,16-17,24H,3-4,11-15H2,1-2H3/t16-,17-/m1/s1. The van der Waals surface area contributed by atoms with Crippen LogP contribution in [0.4, 0.5) is 5.69 Å². The lowest BCUT2D eigenvalue weighted by molar-refractivity contribution is 0.173. The summed E-state index contributed by atoms with van der Waals surface area (Å²) in [6, 6.07) is 11.4. The molecular weight excluding hydrogens is 306 g/mol. The Kier molecular flexibility index (Phi) is 4.76. The van der Waals surface area contributed by atoms with Crippen LogP contribution >= 0.6 is 0 Å². The molecule has 2 aliphatic rings. The Balaban J connectivity index is 1.74. The maximum atomic E-state index is 4.64. The average molecular weight is 335 g/mol. The van der Waals surface area contributed by atoms with Crippen LogP contribution < -0.4 is 5.32 Å². The van der Waals surface area contributed by atoms with Crippen molar-refractivity contribution >= 4 is 5.69 Å². The van der Waals surface area contributed by atoms with Crippen molar-refractivity contribution in [3.05, 3.63) is 47.7 Å². The van der Waals surface area contributed by atoms with Crippen LogP contribution in [0.5, 0.6) is 0 Å². The molecule has 3 heteroatoms. The van der Waals surface area contributed by atoms with Crippen molar-refractivity contribution in [2.24, 2.45) is 0 Å². The first kappa shape index (κ1) is 16.6. The second-order valence-corrected chi connectivity index (χ2v) is 7.48. The first-order chi connectivity index (χ1) is 12.3. The van der Waals surface area contributed by atoms with Gasteiger partial charge in [-0.3, -0.25) is 4.98 Å². The smallest absolute Gasteiger partial charge is 0.0704 e. The van der Waals surface area contributed by atoms with Gasteiger partial charge in [0.2, 0.25) is 0 Å². The maximum absolute atomic E-state index is 4.64. The van der Waals surface area contributed by atoms with Gasteiger partial charge >= 0.3 is 0 Å². The van der Waals surface area contributed by atoms with Gasteiger partial charge in [0.1, 0.15) is 0 Å². The first-order valence-electron chi connectivity index (χ1n) is 9.86. The Morgan fingerprint density at radius 2 is 1.96 bits per heavy atom. The van der Waals surface area contributed by atoms with Crippen molar-refractivity contribution in [1.82, 2.24) is 9.88 Å². The van der Waals surface area contributed by atoms with Crippen molar-refractivity contribution in [2.75, 3.05) is 25.0 Å². The Labute approximate surface area is 151 Å². The molecule has 1 aliphatic heterocycles. The monoisotopic (exact) mass is 335 g/mol. The molecule has 1 aliphatic carbocycles. The van der Waals surface area contributed by atoms with E-state index in [0.717, 1.165) is 18.7 Å². The van der Waals surface area contributed by atoms with Crippen LogP contribution in [-0.4, -0.2) is 35.6 Å². The van der Waals surface area contributed by atoms with Gasteiger partial charge in [-0.1, -0.05) is 26.0 Å². The van der Waals surface area contributed by atoms with Crippen LogP contribution in [0.25, 0.3) is 11.3 Å². The summed E-state index contributed by atoms with van der Waals surface area (Å²) in [4.78, 5) is 7.37. The largest absolute Gasteiger partial charge is 0.384 e. The van der Waals surface area contributed by atoms with E-state index in [9.17, 15) is 0 Å². The lowest BCUT2D eigenvalue weighted by atomic mass is 9.78. The predicted octanol–water partition coefficient (Wildman–Crippen LogP) is 4.69. The van der Waals surface area contributed by atoms with Crippen LogP contribution in [0, 0.1) is 0 Å². The Hall–Kier alpha value is -1.87. The second-order valence-electron chi connectivity index (χ2n) is 7.48. The molecule has 132 valence electrons. The fraction of sp³-hybridized carbons (Fsp3) is 0.500. The van der Waals surface area contributed by atoms with Crippen molar-refractivity contribution in [3.8, 4) is 11.3 Å². The van der Waals surface area contributed by atoms with Gasteiger partial charge in [0.15, 0.2) is 0 Å². The second kappa shape index (κ2) is 7.17. The summed E-state index contributed by atoms with van der Waals surface area (Å²) in [6.45, 7) is 8.12. The summed E-state index contributed by atoms with van der Waals surface area (Å²) in [6.07, 6.45) is 6.83. The van der Waals surface area contributed by atoms with Crippen LogP contribution in [0.2, 0.25) is 0 Å². The lowest BCUT2D eigenvalue weighted by Crippen LogP contribution is -2.41. The molecule has 0 saturated heterocycles. The van der Waals surface area contributed by atoms with Crippen molar-refractivity contribution in [3.63, 3.8) is 0 Å². The molecule has 0 fully saturated rings. The van der Waals surface area contributed by atoms with E-state index in [1.54, 1.807) is 11.1 Å². The number of pyridine rings is 1. The van der Waals surface area contributed by atoms with Gasteiger partial charge in [0.25, 0.3) is 0 Å². The lowest BCUT2D eigenvalue weighted by Gasteiger charge is -2.38. The van der Waals surface area contributed by atoms with E-state index in [4.69, 9.17) is 0 Å². The Morgan fingerprint density at radius 1 is 1.12 bits per heavy atom. The summed E-state index contributed by atoms with van der Waals surface area (Å²) >= 11 is 0. The van der Waals surface area contributed by atoms with E-state index in [1.807, 2.05) is 12.3 Å². The van der Waals surface area contributed by atoms with Crippen LogP contribution in [0.1, 0.15) is 50.2 Å². The molecule has 0 spiro atoms. The zero-order valence-corrected chi connectivity index (χ0v) is 15.5. The molecule has 1 aromatic carbocycles. The molecule has 2 atom stereocenters. The minimum absolute atomic E-state index is 0.656. The van der Waals surface area contributed by atoms with Gasteiger partial charge in [0.05, 0.1) is 5.69 Å². The summed E-state index contributed by atoms with van der Waals surface area (Å²) in [5.74, 6) is 0.656. The van der Waals surface area contributed by atoms with Crippen molar-refractivity contribution in [1.29, 1.82) is 0 Å². The molecule has 3 nitrogen and oxygen atoms in total. The molecule has 0 unspecified atom stereocenters. The van der Waals surface area contributed by atoms with Gasteiger partial charge in [-0.2, -0.15) is 0 Å². The Bertz CT molecular complexity index is 720. The number of anilines is 1. The molecule has 2 heterocycles. The number of hydrogen-bond acceptors (Lipinski definition) is 3. The number of benzene rings is 1.